The fourth-order valence-corrected chi connectivity index (χ4v) is 13.1. The molecule has 70 heavy (non-hydrogen) atoms. The summed E-state index contributed by atoms with van der Waals surface area (Å²) in [7, 11) is 0. The zero-order valence-corrected chi connectivity index (χ0v) is 38.9. The van der Waals surface area contributed by atoms with Crippen LogP contribution < -0.4 is 26.1 Å². The zero-order valence-electron chi connectivity index (χ0n) is 38.9. The predicted molar refractivity (Wildman–Crippen MR) is 290 cm³/mol. The van der Waals surface area contributed by atoms with Crippen LogP contribution in [-0.2, 0) is 12.8 Å². The van der Waals surface area contributed by atoms with E-state index < -0.39 is 0 Å². The fraction of sp³-hybridized carbons (Fsp3) is 0.154. The molecule has 0 saturated heterocycles. The smallest absolute Gasteiger partial charge is 0.132 e. The number of fused-ring (bicyclic) bond motifs is 12. The number of aliphatic imine (C=N–C) groups is 1. The number of rotatable bonds is 5. The first-order valence-corrected chi connectivity index (χ1v) is 25.3. The van der Waals surface area contributed by atoms with Crippen molar-refractivity contribution in [1.29, 1.82) is 0 Å². The van der Waals surface area contributed by atoms with E-state index in [0.717, 1.165) is 49.1 Å². The Labute approximate surface area is 407 Å². The van der Waals surface area contributed by atoms with E-state index in [9.17, 15) is 0 Å². The molecule has 8 aromatic rings. The Morgan fingerprint density at radius 1 is 0.643 bits per heavy atom. The van der Waals surface area contributed by atoms with E-state index in [2.05, 4.69) is 226 Å². The molecule has 3 heterocycles. The van der Waals surface area contributed by atoms with Crippen LogP contribution in [0.3, 0.4) is 0 Å². The molecule has 0 radical (unpaired) electrons. The third-order valence-corrected chi connectivity index (χ3v) is 16.3. The molecule has 0 fully saturated rings. The first kappa shape index (κ1) is 40.0. The summed E-state index contributed by atoms with van der Waals surface area (Å²) < 4.78 is 2.64. The van der Waals surface area contributed by atoms with Gasteiger partial charge in [-0.25, -0.2) is 4.99 Å². The number of nitrogens with one attached hydrogen (secondary N) is 2. The lowest BCUT2D eigenvalue weighted by Gasteiger charge is -2.37. The molecule has 1 aromatic heterocycles. The molecule has 5 nitrogen and oxygen atoms in total. The number of hydrogen-bond acceptors (Lipinski definition) is 4. The largest absolute Gasteiger partial charge is 0.351 e. The van der Waals surface area contributed by atoms with Crippen LogP contribution in [0.25, 0.3) is 61.9 Å². The van der Waals surface area contributed by atoms with Gasteiger partial charge in [0.25, 0.3) is 0 Å². The van der Waals surface area contributed by atoms with E-state index in [0.29, 0.717) is 0 Å². The number of anilines is 1. The second kappa shape index (κ2) is 15.8. The van der Waals surface area contributed by atoms with E-state index in [1.54, 1.807) is 0 Å². The van der Waals surface area contributed by atoms with Gasteiger partial charge >= 0.3 is 0 Å². The van der Waals surface area contributed by atoms with Gasteiger partial charge in [-0.1, -0.05) is 176 Å². The minimum atomic E-state index is -0.216. The Bertz CT molecular complexity index is 3910. The summed E-state index contributed by atoms with van der Waals surface area (Å²) in [5, 5.41) is 18.2. The third-order valence-electron chi connectivity index (χ3n) is 16.3. The number of nitrogens with zero attached hydrogens (tertiary/aromatic N) is 3. The minimum Gasteiger partial charge on any atom is -0.351 e. The number of aryl methyl sites for hydroxylation is 1. The van der Waals surface area contributed by atoms with Crippen molar-refractivity contribution < 1.29 is 0 Å². The molecule has 5 heteroatoms. The van der Waals surface area contributed by atoms with Gasteiger partial charge in [-0.15, -0.1) is 0 Å². The lowest BCUT2D eigenvalue weighted by molar-refractivity contribution is 0.430. The quantitative estimate of drug-likeness (QED) is 0.181. The van der Waals surface area contributed by atoms with Crippen molar-refractivity contribution in [1.82, 2.24) is 15.2 Å². The van der Waals surface area contributed by atoms with Crippen molar-refractivity contribution in [3.8, 4) is 5.69 Å². The van der Waals surface area contributed by atoms with Gasteiger partial charge in [-0.2, -0.15) is 0 Å². The Hall–Kier alpha value is -7.99. The van der Waals surface area contributed by atoms with Gasteiger partial charge in [0.2, 0.25) is 0 Å². The van der Waals surface area contributed by atoms with E-state index >= 15 is 0 Å². The van der Waals surface area contributed by atoms with Crippen molar-refractivity contribution in [3.63, 3.8) is 0 Å². The summed E-state index contributed by atoms with van der Waals surface area (Å²) in [5.41, 5.74) is 15.9. The van der Waals surface area contributed by atoms with Gasteiger partial charge in [-0.3, -0.25) is 5.32 Å². The topological polar surface area (TPSA) is 44.6 Å². The van der Waals surface area contributed by atoms with Crippen LogP contribution in [0, 0.1) is 5.92 Å². The first-order valence-electron chi connectivity index (χ1n) is 25.3. The second-order valence-electron chi connectivity index (χ2n) is 20.0. The average Bonchev–Trinajstić information content (AvgIpc) is 3.93. The van der Waals surface area contributed by atoms with Gasteiger partial charge in [0, 0.05) is 50.6 Å². The number of hydrogen-bond donors (Lipinski definition) is 2. The average molecular weight is 902 g/mol. The highest BCUT2D eigenvalue weighted by atomic mass is 15.3. The molecule has 0 amide bonds. The van der Waals surface area contributed by atoms with Crippen LogP contribution >= 0.6 is 0 Å². The molecule has 0 saturated carbocycles. The molecular weight excluding hydrogens is 851 g/mol. The predicted octanol–water partition coefficient (Wildman–Crippen LogP) is 12.4. The Morgan fingerprint density at radius 2 is 1.44 bits per heavy atom. The van der Waals surface area contributed by atoms with Crippen molar-refractivity contribution in [3.05, 3.63) is 249 Å². The fourth-order valence-electron chi connectivity index (χ4n) is 13.1. The minimum absolute atomic E-state index is 0.0943. The second-order valence-corrected chi connectivity index (χ2v) is 20.0. The highest BCUT2D eigenvalue weighted by Gasteiger charge is 2.43. The van der Waals surface area contributed by atoms with Gasteiger partial charge in [0.1, 0.15) is 18.2 Å². The summed E-state index contributed by atoms with van der Waals surface area (Å²) in [5.74, 6) is 1.44. The number of aromatic nitrogens is 1. The molecule has 7 aromatic carbocycles. The molecular formula is C65H51N5. The van der Waals surface area contributed by atoms with Crippen molar-refractivity contribution in [2.24, 2.45) is 10.9 Å². The lowest BCUT2D eigenvalue weighted by atomic mass is 9.82. The first-order chi connectivity index (χ1) is 34.7. The van der Waals surface area contributed by atoms with Gasteiger partial charge in [0.05, 0.1) is 17.1 Å². The Morgan fingerprint density at radius 3 is 2.34 bits per heavy atom. The lowest BCUT2D eigenvalue weighted by Crippen LogP contribution is -2.52. The Balaban J connectivity index is 0.914. The van der Waals surface area contributed by atoms with E-state index in [1.165, 1.54) is 99.1 Å². The van der Waals surface area contributed by atoms with Gasteiger partial charge < -0.3 is 14.8 Å². The standard InChI is InChI=1S/C65H51N5/c1-2-17-41(18-3-1)63-66-64(46-32-33-48-45(36-46)31-30-40-16-6-8-22-47(40)48)68-65(67-63)53-34-35-58(51-25-11-10-24-50(51)53)69-57-29-15-13-27-54(57)61-60(69)39-44-21-7-9-23-49(44)62(61)70-56-28-14-12-26-52(56)55-37-42-19-4-5-20-43(42)38-59(55)70/h1-14,16-22,24-28,30-31,34-39,49,52,56,63-64,66H,15,23,29,32-33H2,(H,67,68). The molecule has 5 aliphatic carbocycles. The molecule has 7 aliphatic rings. The van der Waals surface area contributed by atoms with Gasteiger partial charge in [-0.05, 0) is 123 Å². The SMILES string of the molecule is C1=CCC2C(=C1)C=c1c(c3c(n1-c1ccc(C4=NC(c5ccccc5)NC(C5=Cc6ccc7ccccc7c6CC5)N4)c4ccccc14)CCC=C3)=C2N1c2cc3ccccc3cc2C2C=CC=CC21. The monoisotopic (exact) mass is 901 g/mol. The molecule has 5 atom stereocenters. The molecule has 5 unspecified atom stereocenters. The van der Waals surface area contributed by atoms with Crippen LogP contribution in [0.2, 0.25) is 0 Å². The summed E-state index contributed by atoms with van der Waals surface area (Å²) in [6, 6.07) is 51.9. The van der Waals surface area contributed by atoms with Crippen LogP contribution in [-0.4, -0.2) is 22.6 Å². The molecule has 336 valence electrons. The zero-order chi connectivity index (χ0) is 45.9. The molecule has 0 spiro atoms. The van der Waals surface area contributed by atoms with Crippen LogP contribution in [0.5, 0.6) is 0 Å². The van der Waals surface area contributed by atoms with Crippen LogP contribution in [0.1, 0.15) is 70.4 Å². The third kappa shape index (κ3) is 6.10. The molecule has 15 rings (SSSR count). The summed E-state index contributed by atoms with van der Waals surface area (Å²) in [4.78, 5) is 8.27. The number of amidine groups is 1. The van der Waals surface area contributed by atoms with Crippen LogP contribution in [0.15, 0.2) is 204 Å². The van der Waals surface area contributed by atoms with E-state index in [1.807, 2.05) is 0 Å². The maximum absolute atomic E-state index is 5.52. The van der Waals surface area contributed by atoms with Gasteiger partial charge in [0.15, 0.2) is 0 Å². The van der Waals surface area contributed by atoms with Crippen molar-refractivity contribution >= 4 is 67.8 Å². The van der Waals surface area contributed by atoms with E-state index in [4.69, 9.17) is 4.99 Å². The molecule has 0 bridgehead atoms. The maximum Gasteiger partial charge on any atom is 0.132 e. The normalized spacial score (nSPS) is 22.6. The Kier molecular flexibility index (Phi) is 9.00. The summed E-state index contributed by atoms with van der Waals surface area (Å²) in [6.45, 7) is 0. The number of benzene rings is 7. The molecule has 2 aliphatic heterocycles. The highest BCUT2D eigenvalue weighted by molar-refractivity contribution is 6.12. The summed E-state index contributed by atoms with van der Waals surface area (Å²) in [6.07, 6.45) is 30.8. The number of allylic oxidation sites excluding steroid dienone is 6. The van der Waals surface area contributed by atoms with Crippen LogP contribution in [0.4, 0.5) is 5.69 Å². The summed E-state index contributed by atoms with van der Waals surface area (Å²) >= 11 is 0. The highest BCUT2D eigenvalue weighted by Crippen LogP contribution is 2.50. The van der Waals surface area contributed by atoms with E-state index in [-0.39, 0.29) is 30.2 Å². The molecule has 2 N–H and O–H groups in total. The maximum atomic E-state index is 5.52. The van der Waals surface area contributed by atoms with Crippen molar-refractivity contribution in [2.45, 2.75) is 56.4 Å². The van der Waals surface area contributed by atoms with Crippen molar-refractivity contribution in [2.75, 3.05) is 4.90 Å².